The first kappa shape index (κ1) is 24.0. The number of anilines is 1. The highest BCUT2D eigenvalue weighted by atomic mass is 35.5. The van der Waals surface area contributed by atoms with Gasteiger partial charge in [-0.3, -0.25) is 0 Å². The number of fused-ring (bicyclic) bond motifs is 1. The van der Waals surface area contributed by atoms with E-state index in [0.717, 1.165) is 37.9 Å². The Kier molecular flexibility index (Phi) is 8.03. The highest BCUT2D eigenvalue weighted by Crippen LogP contribution is 2.32. The first-order valence-electron chi connectivity index (χ1n) is 11.4. The quantitative estimate of drug-likeness (QED) is 0.263. The number of halogens is 3. The van der Waals surface area contributed by atoms with Gasteiger partial charge in [0.15, 0.2) is 5.65 Å². The van der Waals surface area contributed by atoms with Gasteiger partial charge in [-0.2, -0.15) is 4.98 Å². The molecular weight excluding hydrogens is 458 g/mol. The average Bonchev–Trinajstić information content (AvgIpc) is 3.17. The van der Waals surface area contributed by atoms with Crippen LogP contribution in [0, 0.1) is 11.6 Å². The molecule has 2 N–H and O–H groups in total. The summed E-state index contributed by atoms with van der Waals surface area (Å²) in [5.74, 6) is 0.0838. The predicted molar refractivity (Wildman–Crippen MR) is 132 cm³/mol. The normalized spacial score (nSPS) is 11.3. The van der Waals surface area contributed by atoms with Crippen LogP contribution in [0.25, 0.3) is 22.6 Å². The van der Waals surface area contributed by atoms with Gasteiger partial charge in [0.05, 0.1) is 16.8 Å². The van der Waals surface area contributed by atoms with Crippen molar-refractivity contribution in [2.24, 2.45) is 0 Å². The predicted octanol–water partition coefficient (Wildman–Crippen LogP) is 5.82. The van der Waals surface area contributed by atoms with Gasteiger partial charge in [0.1, 0.15) is 23.0 Å². The van der Waals surface area contributed by atoms with Gasteiger partial charge in [0.2, 0.25) is 5.95 Å². The van der Waals surface area contributed by atoms with Gasteiger partial charge < -0.3 is 15.2 Å². The molecule has 0 fully saturated rings. The van der Waals surface area contributed by atoms with Gasteiger partial charge in [0.25, 0.3) is 0 Å². The summed E-state index contributed by atoms with van der Waals surface area (Å²) in [6.07, 6.45) is 4.54. The van der Waals surface area contributed by atoms with Crippen molar-refractivity contribution < 1.29 is 8.78 Å². The van der Waals surface area contributed by atoms with Crippen LogP contribution in [-0.4, -0.2) is 32.6 Å². The van der Waals surface area contributed by atoms with Gasteiger partial charge in [-0.1, -0.05) is 43.1 Å². The number of nitrogens with zero attached hydrogens (tertiary/aromatic N) is 4. The van der Waals surface area contributed by atoms with E-state index in [-0.39, 0.29) is 11.4 Å². The highest BCUT2D eigenvalue weighted by Gasteiger charge is 2.20. The van der Waals surface area contributed by atoms with Crippen molar-refractivity contribution >= 4 is 28.7 Å². The lowest BCUT2D eigenvalue weighted by atomic mass is 10.2. The van der Waals surface area contributed by atoms with E-state index < -0.39 is 5.82 Å². The van der Waals surface area contributed by atoms with E-state index in [1.807, 2.05) is 10.6 Å². The first-order valence-corrected chi connectivity index (χ1v) is 11.8. The Morgan fingerprint density at radius 2 is 1.88 bits per heavy atom. The van der Waals surface area contributed by atoms with Crippen LogP contribution in [0.3, 0.4) is 0 Å². The van der Waals surface area contributed by atoms with E-state index in [0.29, 0.717) is 41.0 Å². The molecule has 4 rings (SSSR count). The molecule has 0 bridgehead atoms. The maximum Gasteiger partial charge on any atom is 0.225 e. The maximum absolute atomic E-state index is 14.8. The van der Waals surface area contributed by atoms with E-state index in [4.69, 9.17) is 11.6 Å². The van der Waals surface area contributed by atoms with E-state index in [1.165, 1.54) is 18.2 Å². The molecule has 0 spiro atoms. The third-order valence-electron chi connectivity index (χ3n) is 5.50. The molecule has 0 aliphatic heterocycles. The number of rotatable bonds is 11. The fourth-order valence-electron chi connectivity index (χ4n) is 3.82. The summed E-state index contributed by atoms with van der Waals surface area (Å²) >= 11 is 6.36. The number of unbranched alkanes of at least 4 members (excludes halogenated alkanes) is 2. The average molecular weight is 485 g/mol. The Hall–Kier alpha value is -3.10. The molecule has 6 nitrogen and oxygen atoms in total. The topological polar surface area (TPSA) is 67.7 Å². The van der Waals surface area contributed by atoms with Gasteiger partial charge in [0, 0.05) is 13.1 Å². The zero-order valence-corrected chi connectivity index (χ0v) is 19.7. The molecule has 9 heteroatoms. The van der Waals surface area contributed by atoms with Gasteiger partial charge in [-0.15, -0.1) is 0 Å². The largest absolute Gasteiger partial charge is 0.350 e. The standard InChI is InChI=1S/C25H27ClF2N6/c1-2-29-12-4-3-5-13-34-23-21(32-24(34)22-19(26)10-7-11-20(22)28)16-31-25(33-23)30-15-17-8-6-9-18(27)14-17/h6-11,14,16,29H,2-5,12-13,15H2,1H3,(H,30,31,33). The number of aryl methyl sites for hydroxylation is 1. The molecule has 34 heavy (non-hydrogen) atoms. The molecule has 0 unspecified atom stereocenters. The molecule has 0 aliphatic rings. The second-order valence-electron chi connectivity index (χ2n) is 7.98. The lowest BCUT2D eigenvalue weighted by Gasteiger charge is -2.11. The zero-order valence-electron chi connectivity index (χ0n) is 19.0. The lowest BCUT2D eigenvalue weighted by molar-refractivity contribution is 0.570. The lowest BCUT2D eigenvalue weighted by Crippen LogP contribution is -2.14. The summed E-state index contributed by atoms with van der Waals surface area (Å²) in [6.45, 7) is 4.98. The Morgan fingerprint density at radius 3 is 2.68 bits per heavy atom. The minimum absolute atomic E-state index is 0.254. The number of imidazole rings is 1. The molecule has 4 aromatic rings. The SMILES string of the molecule is CCNCCCCCn1c(-c2c(F)cccc2Cl)nc2cnc(NCc3cccc(F)c3)nc21. The molecule has 2 aromatic carbocycles. The summed E-state index contributed by atoms with van der Waals surface area (Å²) in [5.41, 5.74) is 2.18. The van der Waals surface area contributed by atoms with E-state index in [9.17, 15) is 8.78 Å². The highest BCUT2D eigenvalue weighted by molar-refractivity contribution is 6.33. The van der Waals surface area contributed by atoms with E-state index >= 15 is 0 Å². The van der Waals surface area contributed by atoms with Crippen molar-refractivity contribution in [2.75, 3.05) is 18.4 Å². The molecule has 178 valence electrons. The Balaban J connectivity index is 1.63. The zero-order chi connectivity index (χ0) is 23.9. The van der Waals surface area contributed by atoms with Crippen LogP contribution >= 0.6 is 11.6 Å². The molecule has 0 radical (unpaired) electrons. The molecule has 2 aromatic heterocycles. The summed E-state index contributed by atoms with van der Waals surface area (Å²) in [6, 6.07) is 10.9. The number of hydrogen-bond acceptors (Lipinski definition) is 5. The van der Waals surface area contributed by atoms with Gasteiger partial charge >= 0.3 is 0 Å². The van der Waals surface area contributed by atoms with Crippen molar-refractivity contribution in [1.29, 1.82) is 0 Å². The van der Waals surface area contributed by atoms with Crippen molar-refractivity contribution in [3.63, 3.8) is 0 Å². The minimum atomic E-state index is -0.436. The third-order valence-corrected chi connectivity index (χ3v) is 5.81. The number of nitrogens with one attached hydrogen (secondary N) is 2. The Morgan fingerprint density at radius 1 is 1.03 bits per heavy atom. The fraction of sp³-hybridized carbons (Fsp3) is 0.320. The third kappa shape index (κ3) is 5.69. The molecule has 0 aliphatic carbocycles. The van der Waals surface area contributed by atoms with E-state index in [2.05, 4.69) is 32.5 Å². The van der Waals surface area contributed by atoms with Crippen molar-refractivity contribution in [3.05, 3.63) is 70.9 Å². The van der Waals surface area contributed by atoms with Crippen LogP contribution in [0.2, 0.25) is 5.02 Å². The fourth-order valence-corrected chi connectivity index (χ4v) is 4.07. The van der Waals surface area contributed by atoms with Crippen LogP contribution in [0.1, 0.15) is 31.7 Å². The molecule has 0 saturated carbocycles. The number of benzene rings is 2. The molecule has 0 amide bonds. The molecule has 2 heterocycles. The summed E-state index contributed by atoms with van der Waals surface area (Å²) in [4.78, 5) is 13.6. The van der Waals surface area contributed by atoms with E-state index in [1.54, 1.807) is 24.4 Å². The first-order chi connectivity index (χ1) is 16.6. The Labute approximate surface area is 202 Å². The number of hydrogen-bond donors (Lipinski definition) is 2. The van der Waals surface area contributed by atoms with Crippen LogP contribution in [0.4, 0.5) is 14.7 Å². The number of aromatic nitrogens is 4. The van der Waals surface area contributed by atoms with Crippen molar-refractivity contribution in [2.45, 2.75) is 39.3 Å². The second kappa shape index (κ2) is 11.4. The van der Waals surface area contributed by atoms with Crippen LogP contribution in [0.5, 0.6) is 0 Å². The summed E-state index contributed by atoms with van der Waals surface area (Å²) < 4.78 is 30.2. The van der Waals surface area contributed by atoms with Crippen molar-refractivity contribution in [3.8, 4) is 11.4 Å². The second-order valence-corrected chi connectivity index (χ2v) is 8.39. The van der Waals surface area contributed by atoms with Gasteiger partial charge in [-0.05, 0) is 55.8 Å². The maximum atomic E-state index is 14.8. The van der Waals surface area contributed by atoms with Crippen LogP contribution in [-0.2, 0) is 13.1 Å². The van der Waals surface area contributed by atoms with Gasteiger partial charge in [-0.25, -0.2) is 18.7 Å². The van der Waals surface area contributed by atoms with Crippen LogP contribution in [0.15, 0.2) is 48.7 Å². The summed E-state index contributed by atoms with van der Waals surface area (Å²) in [7, 11) is 0. The molecule has 0 atom stereocenters. The smallest absolute Gasteiger partial charge is 0.225 e. The monoisotopic (exact) mass is 484 g/mol. The van der Waals surface area contributed by atoms with Crippen molar-refractivity contribution in [1.82, 2.24) is 24.8 Å². The minimum Gasteiger partial charge on any atom is -0.350 e. The molecule has 0 saturated heterocycles. The Bertz CT molecular complexity index is 1240. The molecular formula is C25H27ClF2N6. The summed E-state index contributed by atoms with van der Waals surface area (Å²) in [5, 5.41) is 6.75. The van der Waals surface area contributed by atoms with Crippen LogP contribution < -0.4 is 10.6 Å².